The number of hydrogen-bond donors (Lipinski definition) is 2. The van der Waals surface area contributed by atoms with Gasteiger partial charge in [-0.05, 0) is 37.0 Å². The number of unbranched alkanes of at least 4 members (excludes halogenated alkanes) is 6. The zero-order chi connectivity index (χ0) is 19.6. The third-order valence-electron chi connectivity index (χ3n) is 4.88. The highest BCUT2D eigenvalue weighted by molar-refractivity contribution is 7.47. The number of nitrogens with two attached hydrogens (primary N) is 1. The van der Waals surface area contributed by atoms with Gasteiger partial charge in [-0.15, -0.1) is 0 Å². The minimum Gasteiger partial charge on any atom is -0.494 e. The fourth-order valence-electron chi connectivity index (χ4n) is 3.04. The number of hydrogen-bond acceptors (Lipinski definition) is 5. The first-order valence-electron chi connectivity index (χ1n) is 10.0. The van der Waals surface area contributed by atoms with Gasteiger partial charge >= 0.3 is 7.82 Å². The predicted octanol–water partition coefficient (Wildman–Crippen LogP) is 4.59. The van der Waals surface area contributed by atoms with Gasteiger partial charge in [0.2, 0.25) is 0 Å². The van der Waals surface area contributed by atoms with Crippen molar-refractivity contribution < 1.29 is 23.2 Å². The number of phosphoric acid groups is 1. The Bertz CT molecular complexity index is 581. The van der Waals surface area contributed by atoms with Crippen LogP contribution in [0.2, 0.25) is 0 Å². The van der Waals surface area contributed by atoms with Gasteiger partial charge in [0.05, 0.1) is 25.4 Å². The molecular weight excluding hydrogens is 365 g/mol. The number of phosphoric ester groups is 1. The highest BCUT2D eigenvalue weighted by atomic mass is 31.2. The molecule has 1 saturated heterocycles. The van der Waals surface area contributed by atoms with Gasteiger partial charge in [-0.25, -0.2) is 4.57 Å². The largest absolute Gasteiger partial charge is 0.494 e. The molecule has 0 radical (unpaired) electrons. The van der Waals surface area contributed by atoms with Crippen molar-refractivity contribution >= 4 is 7.82 Å². The van der Waals surface area contributed by atoms with Crippen LogP contribution < -0.4 is 10.5 Å². The van der Waals surface area contributed by atoms with Crippen LogP contribution in [0.5, 0.6) is 5.75 Å². The highest BCUT2D eigenvalue weighted by Crippen LogP contribution is 2.47. The zero-order valence-corrected chi connectivity index (χ0v) is 17.3. The van der Waals surface area contributed by atoms with Crippen LogP contribution >= 0.6 is 7.82 Å². The molecule has 27 heavy (non-hydrogen) atoms. The number of ether oxygens (including phenoxy) is 1. The fraction of sp³-hybridized carbons (Fsp3) is 0.700. The molecule has 1 aliphatic heterocycles. The first-order chi connectivity index (χ1) is 12.9. The number of rotatable bonds is 12. The second kappa shape index (κ2) is 11.2. The molecule has 0 spiro atoms. The van der Waals surface area contributed by atoms with E-state index in [2.05, 4.69) is 6.92 Å². The molecule has 3 N–H and O–H groups in total. The van der Waals surface area contributed by atoms with Gasteiger partial charge in [-0.2, -0.15) is 0 Å². The van der Waals surface area contributed by atoms with Gasteiger partial charge in [-0.3, -0.25) is 9.05 Å². The molecular formula is C20H34NO5P. The molecule has 1 fully saturated rings. The van der Waals surface area contributed by atoms with E-state index >= 15 is 0 Å². The smallest absolute Gasteiger partial charge is 0.472 e. The van der Waals surface area contributed by atoms with Crippen LogP contribution in [0.3, 0.4) is 0 Å². The van der Waals surface area contributed by atoms with Gasteiger partial charge in [-0.1, -0.05) is 57.6 Å². The quantitative estimate of drug-likeness (QED) is 0.394. The maximum Gasteiger partial charge on any atom is 0.472 e. The van der Waals surface area contributed by atoms with Crippen LogP contribution in [0.1, 0.15) is 63.9 Å². The summed E-state index contributed by atoms with van der Waals surface area (Å²) in [7, 11) is -3.89. The number of benzene rings is 1. The van der Waals surface area contributed by atoms with Gasteiger partial charge in [0.15, 0.2) is 0 Å². The van der Waals surface area contributed by atoms with Crippen LogP contribution in [0.4, 0.5) is 0 Å². The number of aryl methyl sites for hydroxylation is 1. The summed E-state index contributed by atoms with van der Waals surface area (Å²) in [6.45, 7) is 3.05. The molecule has 154 valence electrons. The van der Waals surface area contributed by atoms with E-state index in [1.165, 1.54) is 38.5 Å². The van der Waals surface area contributed by atoms with Crippen molar-refractivity contribution in [2.24, 2.45) is 5.73 Å². The molecule has 0 atom stereocenters. The summed E-state index contributed by atoms with van der Waals surface area (Å²) >= 11 is 0. The Morgan fingerprint density at radius 3 is 2.30 bits per heavy atom. The zero-order valence-electron chi connectivity index (χ0n) is 16.4. The molecule has 0 bridgehead atoms. The average Bonchev–Trinajstić information content (AvgIpc) is 2.66. The summed E-state index contributed by atoms with van der Waals surface area (Å²) < 4.78 is 26.7. The summed E-state index contributed by atoms with van der Waals surface area (Å²) in [4.78, 5) is 9.22. The van der Waals surface area contributed by atoms with E-state index in [4.69, 9.17) is 19.5 Å². The maximum atomic E-state index is 11.3. The van der Waals surface area contributed by atoms with Crippen LogP contribution in [-0.4, -0.2) is 30.3 Å². The summed E-state index contributed by atoms with van der Waals surface area (Å²) in [5, 5.41) is 0. The lowest BCUT2D eigenvalue weighted by Crippen LogP contribution is -2.51. The predicted molar refractivity (Wildman–Crippen MR) is 107 cm³/mol. The van der Waals surface area contributed by atoms with Crippen LogP contribution in [-0.2, 0) is 20.0 Å². The SMILES string of the molecule is CCCCCCCCCOc1ccc(CCC2(N)COP(=O)(O)OC2)cc1. The van der Waals surface area contributed by atoms with Crippen molar-refractivity contribution in [1.82, 2.24) is 0 Å². The Balaban J connectivity index is 1.61. The molecule has 1 aliphatic rings. The molecule has 1 aromatic carbocycles. The topological polar surface area (TPSA) is 91.0 Å². The molecule has 0 unspecified atom stereocenters. The van der Waals surface area contributed by atoms with E-state index in [1.54, 1.807) is 0 Å². The third-order valence-corrected chi connectivity index (χ3v) is 5.79. The van der Waals surface area contributed by atoms with E-state index in [9.17, 15) is 9.46 Å². The minimum absolute atomic E-state index is 0.0282. The van der Waals surface area contributed by atoms with Crippen molar-refractivity contribution in [3.8, 4) is 5.75 Å². The van der Waals surface area contributed by atoms with Crippen molar-refractivity contribution in [2.75, 3.05) is 19.8 Å². The molecule has 6 nitrogen and oxygen atoms in total. The minimum atomic E-state index is -3.89. The van der Waals surface area contributed by atoms with Crippen molar-refractivity contribution in [1.29, 1.82) is 0 Å². The molecule has 0 aliphatic carbocycles. The van der Waals surface area contributed by atoms with Gasteiger partial charge in [0.25, 0.3) is 0 Å². The summed E-state index contributed by atoms with van der Waals surface area (Å²) in [6, 6.07) is 8.03. The first kappa shape index (κ1) is 22.4. The normalized spacial score (nSPS) is 25.4. The molecule has 0 saturated carbocycles. The van der Waals surface area contributed by atoms with E-state index in [0.717, 1.165) is 30.8 Å². The first-order valence-corrected chi connectivity index (χ1v) is 11.5. The molecule has 2 rings (SSSR count). The summed E-state index contributed by atoms with van der Waals surface area (Å²) in [5.41, 5.74) is 6.59. The van der Waals surface area contributed by atoms with Gasteiger partial charge in [0, 0.05) is 0 Å². The molecule has 0 aromatic heterocycles. The Kier molecular flexibility index (Phi) is 9.27. The van der Waals surface area contributed by atoms with E-state index in [1.807, 2.05) is 24.3 Å². The Morgan fingerprint density at radius 2 is 1.67 bits per heavy atom. The van der Waals surface area contributed by atoms with Crippen LogP contribution in [0.15, 0.2) is 24.3 Å². The van der Waals surface area contributed by atoms with Crippen molar-refractivity contribution in [3.05, 3.63) is 29.8 Å². The Hall–Kier alpha value is -0.910. The van der Waals surface area contributed by atoms with E-state index in [0.29, 0.717) is 6.42 Å². The van der Waals surface area contributed by atoms with E-state index in [-0.39, 0.29) is 13.2 Å². The lowest BCUT2D eigenvalue weighted by molar-refractivity contribution is 0.0372. The molecule has 7 heteroatoms. The second-order valence-electron chi connectivity index (χ2n) is 7.49. The van der Waals surface area contributed by atoms with Gasteiger partial charge < -0.3 is 15.4 Å². The molecule has 0 amide bonds. The monoisotopic (exact) mass is 399 g/mol. The Morgan fingerprint density at radius 1 is 1.07 bits per heavy atom. The van der Waals surface area contributed by atoms with Crippen molar-refractivity contribution in [3.63, 3.8) is 0 Å². The van der Waals surface area contributed by atoms with Crippen LogP contribution in [0, 0.1) is 0 Å². The molecule has 1 aromatic rings. The van der Waals surface area contributed by atoms with E-state index < -0.39 is 13.4 Å². The summed E-state index contributed by atoms with van der Waals surface area (Å²) in [6.07, 6.45) is 10.3. The maximum absolute atomic E-state index is 11.3. The molecule has 1 heterocycles. The lowest BCUT2D eigenvalue weighted by atomic mass is 9.94. The summed E-state index contributed by atoms with van der Waals surface area (Å²) in [5.74, 6) is 0.887. The average molecular weight is 399 g/mol. The standard InChI is InChI=1S/C20H34NO5P/c1-2-3-4-5-6-7-8-15-24-19-11-9-18(10-12-19)13-14-20(21)16-25-27(22,23)26-17-20/h9-12H,2-8,13-17,21H2,1H3,(H,22,23). The van der Waals surface area contributed by atoms with Crippen molar-refractivity contribution in [2.45, 2.75) is 70.3 Å². The van der Waals surface area contributed by atoms with Gasteiger partial charge in [0.1, 0.15) is 5.75 Å². The highest BCUT2D eigenvalue weighted by Gasteiger charge is 2.38. The second-order valence-corrected chi connectivity index (χ2v) is 8.95. The van der Waals surface area contributed by atoms with Crippen LogP contribution in [0.25, 0.3) is 0 Å². The Labute approximate surface area is 163 Å². The lowest BCUT2D eigenvalue weighted by Gasteiger charge is -2.34. The fourth-order valence-corrected chi connectivity index (χ4v) is 3.95. The third kappa shape index (κ3) is 8.75.